The molecule has 8 nitrogen and oxygen atoms in total. The summed E-state index contributed by atoms with van der Waals surface area (Å²) in [7, 11) is 1.35. The molecule has 0 spiro atoms. The number of hydrogen-bond acceptors (Lipinski definition) is 7. The maximum Gasteiger partial charge on any atom is 0.341 e. The highest BCUT2D eigenvalue weighted by Gasteiger charge is 2.31. The van der Waals surface area contributed by atoms with E-state index in [2.05, 4.69) is 28.1 Å². The van der Waals surface area contributed by atoms with Crippen LogP contribution in [0.5, 0.6) is 0 Å². The van der Waals surface area contributed by atoms with Crippen LogP contribution in [0.4, 0.5) is 10.7 Å². The minimum atomic E-state index is -0.584. The third-order valence-electron chi connectivity index (χ3n) is 8.73. The predicted octanol–water partition coefficient (Wildman–Crippen LogP) is 9.64. The quantitative estimate of drug-likeness (QED) is 0.0699. The molecular formula is C41H35Cl2N3O5S2. The Morgan fingerprint density at radius 1 is 0.906 bits per heavy atom. The zero-order valence-corrected chi connectivity index (χ0v) is 31.9. The molecule has 5 aromatic rings. The van der Waals surface area contributed by atoms with Crippen LogP contribution in [0, 0.1) is 0 Å². The van der Waals surface area contributed by atoms with Crippen molar-refractivity contribution < 1.29 is 23.9 Å². The third kappa shape index (κ3) is 9.39. The summed E-state index contributed by atoms with van der Waals surface area (Å²) in [5.41, 5.74) is 3.90. The lowest BCUT2D eigenvalue weighted by atomic mass is 9.83. The minimum Gasteiger partial charge on any atom is -0.465 e. The van der Waals surface area contributed by atoms with E-state index in [1.807, 2.05) is 24.3 Å². The molecule has 6 rings (SSSR count). The first kappa shape index (κ1) is 37.9. The van der Waals surface area contributed by atoms with Crippen LogP contribution in [-0.4, -0.2) is 36.1 Å². The molecule has 12 heteroatoms. The fourth-order valence-electron chi connectivity index (χ4n) is 6.03. The molecule has 1 aliphatic rings. The molecule has 0 saturated carbocycles. The van der Waals surface area contributed by atoms with Crippen LogP contribution in [0.15, 0.2) is 114 Å². The van der Waals surface area contributed by atoms with Gasteiger partial charge in [-0.25, -0.2) is 4.79 Å². The van der Waals surface area contributed by atoms with E-state index in [4.69, 9.17) is 27.9 Å². The van der Waals surface area contributed by atoms with Gasteiger partial charge in [-0.05, 0) is 97.3 Å². The first-order valence-electron chi connectivity index (χ1n) is 16.8. The molecule has 1 heterocycles. The van der Waals surface area contributed by atoms with Gasteiger partial charge in [-0.3, -0.25) is 14.4 Å². The molecule has 0 radical (unpaired) electrons. The summed E-state index contributed by atoms with van der Waals surface area (Å²) in [5.74, 6) is -1.47. The third-order valence-corrected chi connectivity index (χ3v) is 11.6. The van der Waals surface area contributed by atoms with Crippen molar-refractivity contribution in [3.05, 3.63) is 152 Å². The van der Waals surface area contributed by atoms with Crippen LogP contribution in [0.25, 0.3) is 6.08 Å². The van der Waals surface area contributed by atoms with E-state index in [9.17, 15) is 19.2 Å². The number of ether oxygens (including phenoxy) is 1. The Kier molecular flexibility index (Phi) is 12.4. The SMILES string of the molecule is COC(=O)c1c(NC(=O)C(C)Sc2cccc(NC(=O)/C(=C\c3ccc(Cl)cc3Cl)NC(=O)c3ccccc3)c2)sc2c1CCC(c1ccccc1)C2. The second kappa shape index (κ2) is 17.3. The number of halogens is 2. The minimum absolute atomic E-state index is 0.0379. The second-order valence-corrected chi connectivity index (χ2v) is 15.7. The van der Waals surface area contributed by atoms with Crippen molar-refractivity contribution in [2.45, 2.75) is 42.2 Å². The molecule has 2 atom stereocenters. The molecule has 0 saturated heterocycles. The highest BCUT2D eigenvalue weighted by molar-refractivity contribution is 8.00. The number of rotatable bonds is 11. The van der Waals surface area contributed by atoms with E-state index in [1.54, 1.807) is 73.7 Å². The highest BCUT2D eigenvalue weighted by atomic mass is 35.5. The van der Waals surface area contributed by atoms with E-state index in [0.29, 0.717) is 49.8 Å². The fraction of sp³-hybridized carbons (Fsp3) is 0.171. The van der Waals surface area contributed by atoms with Crippen molar-refractivity contribution >= 4 is 86.8 Å². The molecule has 1 aromatic heterocycles. The second-order valence-electron chi connectivity index (χ2n) is 12.3. The average molecular weight is 785 g/mol. The number of thioether (sulfide) groups is 1. The molecule has 1 aliphatic carbocycles. The fourth-order valence-corrected chi connectivity index (χ4v) is 8.74. The molecule has 0 bridgehead atoms. The van der Waals surface area contributed by atoms with Gasteiger partial charge < -0.3 is 20.7 Å². The van der Waals surface area contributed by atoms with Gasteiger partial charge in [0.2, 0.25) is 5.91 Å². The van der Waals surface area contributed by atoms with Crippen LogP contribution < -0.4 is 16.0 Å². The number of fused-ring (bicyclic) bond motifs is 1. The van der Waals surface area contributed by atoms with Crippen LogP contribution in [0.1, 0.15) is 61.5 Å². The van der Waals surface area contributed by atoms with E-state index >= 15 is 0 Å². The number of esters is 1. The monoisotopic (exact) mass is 783 g/mol. The molecule has 0 fully saturated rings. The number of carbonyl (C=O) groups is 4. The summed E-state index contributed by atoms with van der Waals surface area (Å²) in [6.45, 7) is 1.78. The van der Waals surface area contributed by atoms with Gasteiger partial charge in [0.1, 0.15) is 10.7 Å². The zero-order valence-electron chi connectivity index (χ0n) is 28.8. The Labute approximate surface area is 325 Å². The number of nitrogens with one attached hydrogen (secondary N) is 3. The summed E-state index contributed by atoms with van der Waals surface area (Å²) in [4.78, 5) is 55.0. The Hall–Kier alpha value is -4.87. The van der Waals surface area contributed by atoms with Crippen LogP contribution >= 0.6 is 46.3 Å². The number of carbonyl (C=O) groups excluding carboxylic acids is 4. The molecule has 53 heavy (non-hydrogen) atoms. The van der Waals surface area contributed by atoms with E-state index in [0.717, 1.165) is 28.2 Å². The largest absolute Gasteiger partial charge is 0.465 e. The Morgan fingerprint density at radius 2 is 1.64 bits per heavy atom. The molecule has 2 unspecified atom stereocenters. The predicted molar refractivity (Wildman–Crippen MR) is 214 cm³/mol. The van der Waals surface area contributed by atoms with Gasteiger partial charge in [0.15, 0.2) is 0 Å². The Balaban J connectivity index is 1.16. The first-order chi connectivity index (χ1) is 25.6. The van der Waals surface area contributed by atoms with E-state index < -0.39 is 23.0 Å². The first-order valence-corrected chi connectivity index (χ1v) is 19.2. The van der Waals surface area contributed by atoms with Crippen LogP contribution in [0.3, 0.4) is 0 Å². The number of methoxy groups -OCH3 is 1. The Morgan fingerprint density at radius 3 is 2.36 bits per heavy atom. The van der Waals surface area contributed by atoms with Crippen molar-refractivity contribution in [1.29, 1.82) is 0 Å². The van der Waals surface area contributed by atoms with Gasteiger partial charge >= 0.3 is 5.97 Å². The molecule has 4 aromatic carbocycles. The topological polar surface area (TPSA) is 114 Å². The summed E-state index contributed by atoms with van der Waals surface area (Å²) in [6, 6.07) is 30.7. The number of hydrogen-bond donors (Lipinski definition) is 3. The summed E-state index contributed by atoms with van der Waals surface area (Å²) in [6.07, 6.45) is 3.88. The van der Waals surface area contributed by atoms with Crippen molar-refractivity contribution in [2.75, 3.05) is 17.7 Å². The standard InChI is InChI=1S/C41H35Cl2N3O5S2/c1-24(37(47)46-40-36(41(50)51-2)32-19-17-27(21-35(32)53-40)25-10-5-3-6-11-25)52-31-15-9-14-30(23-31)44-39(49)34(20-28-16-18-29(42)22-33(28)43)45-38(48)26-12-7-4-8-13-26/h3-16,18,20,22-24,27H,17,19,21H2,1-2H3,(H,44,49)(H,45,48)(H,46,47)/b34-20+. The molecule has 3 N–H and O–H groups in total. The molecule has 270 valence electrons. The average Bonchev–Trinajstić information content (AvgIpc) is 3.52. The normalized spacial score (nSPS) is 14.4. The number of benzene rings is 4. The van der Waals surface area contributed by atoms with Crippen molar-refractivity contribution in [3.63, 3.8) is 0 Å². The van der Waals surface area contributed by atoms with Gasteiger partial charge in [0, 0.05) is 31.1 Å². The van der Waals surface area contributed by atoms with Gasteiger partial charge in [-0.15, -0.1) is 23.1 Å². The number of amides is 3. The summed E-state index contributed by atoms with van der Waals surface area (Å²) in [5, 5.41) is 9.22. The van der Waals surface area contributed by atoms with E-state index in [1.165, 1.54) is 41.8 Å². The van der Waals surface area contributed by atoms with Crippen molar-refractivity contribution in [2.24, 2.45) is 0 Å². The van der Waals surface area contributed by atoms with Crippen LogP contribution in [0.2, 0.25) is 10.0 Å². The van der Waals surface area contributed by atoms with Gasteiger partial charge in [0.25, 0.3) is 11.8 Å². The van der Waals surface area contributed by atoms with Gasteiger partial charge in [0.05, 0.1) is 17.9 Å². The maximum atomic E-state index is 13.6. The lowest BCUT2D eigenvalue weighted by Crippen LogP contribution is -2.30. The lowest BCUT2D eigenvalue weighted by molar-refractivity contribution is -0.115. The summed E-state index contributed by atoms with van der Waals surface area (Å²) < 4.78 is 5.14. The lowest BCUT2D eigenvalue weighted by Gasteiger charge is -2.22. The zero-order chi connectivity index (χ0) is 37.5. The van der Waals surface area contributed by atoms with Crippen LogP contribution in [-0.2, 0) is 27.2 Å². The molecule has 0 aliphatic heterocycles. The number of thiophene rings is 1. The van der Waals surface area contributed by atoms with Crippen molar-refractivity contribution in [3.8, 4) is 0 Å². The van der Waals surface area contributed by atoms with Crippen molar-refractivity contribution in [1.82, 2.24) is 5.32 Å². The summed E-state index contributed by atoms with van der Waals surface area (Å²) >= 11 is 15.2. The highest BCUT2D eigenvalue weighted by Crippen LogP contribution is 2.43. The van der Waals surface area contributed by atoms with Gasteiger partial charge in [-0.1, -0.05) is 83.9 Å². The maximum absolute atomic E-state index is 13.6. The molecule has 3 amide bonds. The Bertz CT molecular complexity index is 2190. The van der Waals surface area contributed by atoms with E-state index in [-0.39, 0.29) is 11.6 Å². The smallest absolute Gasteiger partial charge is 0.341 e. The molecular weight excluding hydrogens is 750 g/mol. The number of anilines is 2. The van der Waals surface area contributed by atoms with Gasteiger partial charge in [-0.2, -0.15) is 0 Å².